The smallest absolute Gasteiger partial charge is 0.225 e. The van der Waals surface area contributed by atoms with Crippen LogP contribution in [0.1, 0.15) is 40.5 Å². The van der Waals surface area contributed by atoms with Crippen molar-refractivity contribution in [2.45, 2.75) is 40.5 Å². The van der Waals surface area contributed by atoms with Gasteiger partial charge in [-0.25, -0.2) is 0 Å². The largest absolute Gasteiger partial charge is 0.342 e. The lowest BCUT2D eigenvalue weighted by Crippen LogP contribution is -2.43. The number of nitrogens with zero attached hydrogens (tertiary/aromatic N) is 1. The summed E-state index contributed by atoms with van der Waals surface area (Å²) in [6, 6.07) is 0. The van der Waals surface area contributed by atoms with Gasteiger partial charge in [0.25, 0.3) is 0 Å². The molecule has 100 valence electrons. The van der Waals surface area contributed by atoms with E-state index in [1.165, 1.54) is 0 Å². The van der Waals surface area contributed by atoms with Gasteiger partial charge in [-0.2, -0.15) is 0 Å². The Labute approximate surface area is 106 Å². The van der Waals surface area contributed by atoms with Gasteiger partial charge in [0.15, 0.2) is 0 Å². The van der Waals surface area contributed by atoms with E-state index < -0.39 is 0 Å². The fourth-order valence-electron chi connectivity index (χ4n) is 2.46. The Morgan fingerprint density at radius 2 is 1.59 bits per heavy atom. The fraction of sp³-hybridized carbons (Fsp3) is 0.929. The van der Waals surface area contributed by atoms with Gasteiger partial charge in [-0.3, -0.25) is 4.79 Å². The Morgan fingerprint density at radius 3 is 2.00 bits per heavy atom. The van der Waals surface area contributed by atoms with Crippen molar-refractivity contribution in [1.82, 2.24) is 10.2 Å². The predicted octanol–water partition coefficient (Wildman–Crippen LogP) is 2.13. The molecule has 1 rings (SSSR count). The minimum Gasteiger partial charge on any atom is -0.342 e. The average molecular weight is 240 g/mol. The number of amides is 1. The molecule has 17 heavy (non-hydrogen) atoms. The van der Waals surface area contributed by atoms with Gasteiger partial charge in [-0.05, 0) is 37.8 Å². The lowest BCUT2D eigenvalue weighted by molar-refractivity contribution is -0.137. The second-order valence-electron chi connectivity index (χ2n) is 6.06. The topological polar surface area (TPSA) is 32.3 Å². The van der Waals surface area contributed by atoms with Crippen LogP contribution < -0.4 is 5.32 Å². The maximum Gasteiger partial charge on any atom is 0.225 e. The first-order valence-electron chi connectivity index (χ1n) is 7.00. The van der Waals surface area contributed by atoms with Crippen molar-refractivity contribution in [1.29, 1.82) is 0 Å². The summed E-state index contributed by atoms with van der Waals surface area (Å²) in [7, 11) is 0. The van der Waals surface area contributed by atoms with E-state index in [0.29, 0.717) is 17.7 Å². The maximum atomic E-state index is 12.5. The van der Waals surface area contributed by atoms with E-state index in [1.807, 2.05) is 0 Å². The second-order valence-corrected chi connectivity index (χ2v) is 6.06. The first kappa shape index (κ1) is 14.5. The zero-order valence-electron chi connectivity index (χ0n) is 11.8. The SMILES string of the molecule is CC(C)CN(CC(C)C)C(=O)C1CCNCC1. The van der Waals surface area contributed by atoms with Crippen molar-refractivity contribution in [3.63, 3.8) is 0 Å². The normalized spacial score (nSPS) is 17.8. The quantitative estimate of drug-likeness (QED) is 0.798. The van der Waals surface area contributed by atoms with Gasteiger partial charge < -0.3 is 10.2 Å². The minimum atomic E-state index is 0.258. The van der Waals surface area contributed by atoms with Crippen LogP contribution in [0.2, 0.25) is 0 Å². The third kappa shape index (κ3) is 5.07. The fourth-order valence-corrected chi connectivity index (χ4v) is 2.46. The highest BCUT2D eigenvalue weighted by Crippen LogP contribution is 2.17. The highest BCUT2D eigenvalue weighted by atomic mass is 16.2. The van der Waals surface area contributed by atoms with Crippen LogP contribution in [0, 0.1) is 17.8 Å². The molecule has 1 heterocycles. The Kier molecular flexibility index (Phi) is 5.96. The molecular weight excluding hydrogens is 212 g/mol. The zero-order valence-corrected chi connectivity index (χ0v) is 11.8. The lowest BCUT2D eigenvalue weighted by atomic mass is 9.95. The molecule has 0 aromatic rings. The molecule has 0 bridgehead atoms. The van der Waals surface area contributed by atoms with Gasteiger partial charge in [0.2, 0.25) is 5.91 Å². The predicted molar refractivity (Wildman–Crippen MR) is 71.8 cm³/mol. The molecule has 1 amide bonds. The Bertz CT molecular complexity index is 222. The highest BCUT2D eigenvalue weighted by molar-refractivity contribution is 5.79. The van der Waals surface area contributed by atoms with E-state index >= 15 is 0 Å². The molecule has 0 atom stereocenters. The van der Waals surface area contributed by atoms with E-state index in [-0.39, 0.29) is 5.92 Å². The van der Waals surface area contributed by atoms with Crippen LogP contribution in [0.5, 0.6) is 0 Å². The van der Waals surface area contributed by atoms with E-state index in [4.69, 9.17) is 0 Å². The molecule has 0 aliphatic carbocycles. The second kappa shape index (κ2) is 7.00. The molecule has 0 unspecified atom stereocenters. The first-order chi connectivity index (χ1) is 8.00. The lowest BCUT2D eigenvalue weighted by Gasteiger charge is -2.32. The standard InChI is InChI=1S/C14H28N2O/c1-11(2)9-16(10-12(3)4)14(17)13-5-7-15-8-6-13/h11-13,15H,5-10H2,1-4H3. The molecule has 1 fully saturated rings. The molecule has 1 N–H and O–H groups in total. The van der Waals surface area contributed by atoms with E-state index in [1.54, 1.807) is 0 Å². The molecule has 1 aliphatic heterocycles. The van der Waals surface area contributed by atoms with Gasteiger partial charge >= 0.3 is 0 Å². The summed E-state index contributed by atoms with van der Waals surface area (Å²) in [5.41, 5.74) is 0. The molecule has 0 radical (unpaired) electrons. The van der Waals surface area contributed by atoms with Crippen LogP contribution in [0.15, 0.2) is 0 Å². The van der Waals surface area contributed by atoms with Crippen LogP contribution in [-0.4, -0.2) is 37.0 Å². The molecule has 3 nitrogen and oxygen atoms in total. The minimum absolute atomic E-state index is 0.258. The molecule has 0 spiro atoms. The van der Waals surface area contributed by atoms with E-state index in [2.05, 4.69) is 37.9 Å². The average Bonchev–Trinajstić information content (AvgIpc) is 2.27. The van der Waals surface area contributed by atoms with Crippen LogP contribution >= 0.6 is 0 Å². The summed E-state index contributed by atoms with van der Waals surface area (Å²) in [5.74, 6) is 1.75. The number of carbonyl (C=O) groups is 1. The Morgan fingerprint density at radius 1 is 1.12 bits per heavy atom. The highest BCUT2D eigenvalue weighted by Gasteiger charge is 2.26. The number of hydrogen-bond acceptors (Lipinski definition) is 2. The van der Waals surface area contributed by atoms with Gasteiger partial charge in [0.05, 0.1) is 0 Å². The van der Waals surface area contributed by atoms with Gasteiger partial charge in [-0.15, -0.1) is 0 Å². The van der Waals surface area contributed by atoms with Gasteiger partial charge in [0, 0.05) is 19.0 Å². The Hall–Kier alpha value is -0.570. The number of nitrogens with one attached hydrogen (secondary N) is 1. The molecule has 1 aliphatic rings. The molecular formula is C14H28N2O. The number of piperidine rings is 1. The molecule has 1 saturated heterocycles. The van der Waals surface area contributed by atoms with Crippen molar-refractivity contribution in [3.05, 3.63) is 0 Å². The zero-order chi connectivity index (χ0) is 12.8. The summed E-state index contributed by atoms with van der Waals surface area (Å²) in [4.78, 5) is 14.6. The van der Waals surface area contributed by atoms with Crippen LogP contribution in [0.3, 0.4) is 0 Å². The third-order valence-corrected chi connectivity index (χ3v) is 3.17. The first-order valence-corrected chi connectivity index (χ1v) is 7.00. The van der Waals surface area contributed by atoms with Crippen molar-refractivity contribution in [2.75, 3.05) is 26.2 Å². The summed E-state index contributed by atoms with van der Waals surface area (Å²) in [6.07, 6.45) is 2.01. The van der Waals surface area contributed by atoms with Crippen LogP contribution in [0.4, 0.5) is 0 Å². The molecule has 0 saturated carbocycles. The van der Waals surface area contributed by atoms with Crippen LogP contribution in [0.25, 0.3) is 0 Å². The number of hydrogen-bond donors (Lipinski definition) is 1. The maximum absolute atomic E-state index is 12.5. The molecule has 0 aromatic heterocycles. The third-order valence-electron chi connectivity index (χ3n) is 3.17. The van der Waals surface area contributed by atoms with Crippen LogP contribution in [-0.2, 0) is 4.79 Å². The molecule has 3 heteroatoms. The van der Waals surface area contributed by atoms with Gasteiger partial charge in [0.1, 0.15) is 0 Å². The Balaban J connectivity index is 2.56. The van der Waals surface area contributed by atoms with E-state index in [9.17, 15) is 4.79 Å². The summed E-state index contributed by atoms with van der Waals surface area (Å²) < 4.78 is 0. The summed E-state index contributed by atoms with van der Waals surface area (Å²) >= 11 is 0. The number of rotatable bonds is 5. The van der Waals surface area contributed by atoms with Crippen molar-refractivity contribution in [3.8, 4) is 0 Å². The van der Waals surface area contributed by atoms with Crippen molar-refractivity contribution < 1.29 is 4.79 Å². The summed E-state index contributed by atoms with van der Waals surface area (Å²) in [5, 5.41) is 3.32. The summed E-state index contributed by atoms with van der Waals surface area (Å²) in [6.45, 7) is 12.5. The monoisotopic (exact) mass is 240 g/mol. The van der Waals surface area contributed by atoms with Crippen molar-refractivity contribution in [2.24, 2.45) is 17.8 Å². The van der Waals surface area contributed by atoms with E-state index in [0.717, 1.165) is 39.0 Å². The number of carbonyl (C=O) groups excluding carboxylic acids is 1. The molecule has 0 aromatic carbocycles. The van der Waals surface area contributed by atoms with Gasteiger partial charge in [-0.1, -0.05) is 27.7 Å². The van der Waals surface area contributed by atoms with Crippen molar-refractivity contribution >= 4 is 5.91 Å².